The lowest BCUT2D eigenvalue weighted by Gasteiger charge is -2.12. The zero-order valence-electron chi connectivity index (χ0n) is 9.54. The van der Waals surface area contributed by atoms with Crippen molar-refractivity contribution in [2.75, 3.05) is 0 Å². The number of rotatable bonds is 2. The van der Waals surface area contributed by atoms with E-state index in [1.165, 1.54) is 6.26 Å². The number of benzene rings is 1. The highest BCUT2D eigenvalue weighted by molar-refractivity contribution is 5.89. The van der Waals surface area contributed by atoms with E-state index in [0.29, 0.717) is 16.7 Å². The molecule has 0 saturated heterocycles. The molecule has 0 saturated carbocycles. The van der Waals surface area contributed by atoms with Crippen LogP contribution >= 0.6 is 0 Å². The minimum Gasteiger partial charge on any atom is -0.478 e. The second kappa shape index (κ2) is 5.55. The molecule has 0 N–H and O–H groups in total. The normalized spacial score (nSPS) is 15.5. The molecule has 0 heterocycles. The van der Waals surface area contributed by atoms with Gasteiger partial charge < -0.3 is 4.74 Å². The maximum Gasteiger partial charge on any atom is 0.333 e. The lowest BCUT2D eigenvalue weighted by Crippen LogP contribution is -2.01. The van der Waals surface area contributed by atoms with Crippen molar-refractivity contribution >= 4 is 5.97 Å². The predicted octanol–water partition coefficient (Wildman–Crippen LogP) is 2.95. The van der Waals surface area contributed by atoms with Crippen LogP contribution in [0.4, 0.5) is 0 Å². The zero-order chi connectivity index (χ0) is 12.8. The van der Waals surface area contributed by atoms with E-state index in [0.717, 1.165) is 0 Å². The Balaban J connectivity index is 2.04. The molecule has 0 fully saturated rings. The summed E-state index contributed by atoms with van der Waals surface area (Å²) in [5.41, 5.74) is 1.70. The molecule has 1 aromatic carbocycles. The van der Waals surface area contributed by atoms with E-state index in [2.05, 4.69) is 0 Å². The van der Waals surface area contributed by atoms with Gasteiger partial charge in [-0.2, -0.15) is 5.26 Å². The highest BCUT2D eigenvalue weighted by atomic mass is 16.5. The van der Waals surface area contributed by atoms with Gasteiger partial charge in [-0.05, 0) is 17.7 Å². The minimum absolute atomic E-state index is 0.419. The van der Waals surface area contributed by atoms with Crippen LogP contribution in [0.1, 0.15) is 10.4 Å². The van der Waals surface area contributed by atoms with Crippen LogP contribution in [-0.2, 0) is 4.74 Å². The molecule has 18 heavy (non-hydrogen) atoms. The fraction of sp³-hybridized carbons (Fsp3) is 0. The van der Waals surface area contributed by atoms with Crippen molar-refractivity contribution in [2.24, 2.45) is 0 Å². The second-order valence-electron chi connectivity index (χ2n) is 3.63. The quantitative estimate of drug-likeness (QED) is 0.450. The van der Waals surface area contributed by atoms with E-state index in [-0.39, 0.29) is 0 Å². The van der Waals surface area contributed by atoms with Crippen LogP contribution in [0.2, 0.25) is 0 Å². The summed E-state index contributed by atoms with van der Waals surface area (Å²) >= 11 is 0. The SMILES string of the molecule is N#CC1=C/C(=C/OC(=O)c2ccccc2)[CH-]C=C1. The maximum atomic E-state index is 11.7. The molecule has 1 aliphatic rings. The number of allylic oxidation sites excluding steroid dienone is 5. The van der Waals surface area contributed by atoms with Crippen LogP contribution in [0, 0.1) is 17.8 Å². The number of hydrogen-bond acceptors (Lipinski definition) is 3. The summed E-state index contributed by atoms with van der Waals surface area (Å²) in [7, 11) is 0. The average Bonchev–Trinajstić information content (AvgIpc) is 2.46. The van der Waals surface area contributed by atoms with Crippen molar-refractivity contribution in [2.45, 2.75) is 0 Å². The van der Waals surface area contributed by atoms with Crippen molar-refractivity contribution in [1.82, 2.24) is 0 Å². The average molecular weight is 236 g/mol. The lowest BCUT2D eigenvalue weighted by atomic mass is 10.0. The topological polar surface area (TPSA) is 50.1 Å². The van der Waals surface area contributed by atoms with Gasteiger partial charge in [0, 0.05) is 6.26 Å². The first-order chi connectivity index (χ1) is 8.79. The van der Waals surface area contributed by atoms with E-state index in [1.807, 2.05) is 12.1 Å². The predicted molar refractivity (Wildman–Crippen MR) is 67.1 cm³/mol. The summed E-state index contributed by atoms with van der Waals surface area (Å²) in [6.07, 6.45) is 8.19. The van der Waals surface area contributed by atoms with Gasteiger partial charge in [0.15, 0.2) is 0 Å². The molecular weight excluding hydrogens is 226 g/mol. The highest BCUT2D eigenvalue weighted by Crippen LogP contribution is 2.14. The van der Waals surface area contributed by atoms with Gasteiger partial charge in [0.25, 0.3) is 0 Å². The number of nitrogens with zero attached hydrogens (tertiary/aromatic N) is 1. The number of esters is 1. The van der Waals surface area contributed by atoms with Gasteiger partial charge in [0.05, 0.1) is 11.6 Å². The molecule has 0 atom stereocenters. The molecule has 0 bridgehead atoms. The van der Waals surface area contributed by atoms with Crippen LogP contribution < -0.4 is 0 Å². The smallest absolute Gasteiger partial charge is 0.333 e. The molecular formula is C15H10NO2-. The number of nitriles is 1. The Kier molecular flexibility index (Phi) is 3.62. The molecule has 2 rings (SSSR count). The van der Waals surface area contributed by atoms with E-state index >= 15 is 0 Å². The Morgan fingerprint density at radius 3 is 2.83 bits per heavy atom. The third-order valence-corrected chi connectivity index (χ3v) is 2.33. The van der Waals surface area contributed by atoms with Gasteiger partial charge in [-0.15, -0.1) is 30.2 Å². The van der Waals surface area contributed by atoms with E-state index in [4.69, 9.17) is 10.00 Å². The molecule has 0 unspecified atom stereocenters. The van der Waals surface area contributed by atoms with Crippen molar-refractivity contribution in [3.63, 3.8) is 0 Å². The molecule has 88 valence electrons. The van der Waals surface area contributed by atoms with Gasteiger partial charge in [-0.3, -0.25) is 0 Å². The third-order valence-electron chi connectivity index (χ3n) is 2.33. The fourth-order valence-corrected chi connectivity index (χ4v) is 1.45. The monoisotopic (exact) mass is 236 g/mol. The summed E-state index contributed by atoms with van der Waals surface area (Å²) in [5, 5.41) is 8.75. The first-order valence-corrected chi connectivity index (χ1v) is 5.39. The number of ether oxygens (including phenoxy) is 1. The van der Waals surface area contributed by atoms with E-state index in [1.54, 1.807) is 48.9 Å². The number of hydrogen-bond donors (Lipinski definition) is 0. The van der Waals surface area contributed by atoms with Gasteiger partial charge in [0.2, 0.25) is 0 Å². The highest BCUT2D eigenvalue weighted by Gasteiger charge is 2.02. The molecule has 0 aliphatic heterocycles. The second-order valence-corrected chi connectivity index (χ2v) is 3.63. The molecule has 0 aromatic heterocycles. The number of carbonyl (C=O) groups excluding carboxylic acids is 1. The summed E-state index contributed by atoms with van der Waals surface area (Å²) in [5.74, 6) is -0.419. The third kappa shape index (κ3) is 2.89. The van der Waals surface area contributed by atoms with Crippen LogP contribution in [0.5, 0.6) is 0 Å². The van der Waals surface area contributed by atoms with E-state index in [9.17, 15) is 4.79 Å². The Bertz CT molecular complexity index is 574. The molecule has 3 heteroatoms. The zero-order valence-corrected chi connectivity index (χ0v) is 9.54. The largest absolute Gasteiger partial charge is 0.478 e. The Morgan fingerprint density at radius 1 is 1.33 bits per heavy atom. The standard InChI is InChI=1S/C15H10NO2/c16-10-12-5-4-6-13(9-12)11-18-15(17)14-7-2-1-3-8-14/h1-9,11H/q-1/b13-11+. The molecule has 1 aliphatic carbocycles. The van der Waals surface area contributed by atoms with Gasteiger partial charge in [-0.1, -0.05) is 18.2 Å². The van der Waals surface area contributed by atoms with Gasteiger partial charge in [0.1, 0.15) is 0 Å². The lowest BCUT2D eigenvalue weighted by molar-refractivity contribution is 0.0661. The molecule has 0 radical (unpaired) electrons. The Labute approximate surface area is 105 Å². The minimum atomic E-state index is -0.419. The first-order valence-electron chi connectivity index (χ1n) is 5.39. The summed E-state index contributed by atoms with van der Waals surface area (Å²) < 4.78 is 5.04. The maximum absolute atomic E-state index is 11.7. The molecule has 0 amide bonds. The van der Waals surface area contributed by atoms with Crippen LogP contribution in [0.3, 0.4) is 0 Å². The summed E-state index contributed by atoms with van der Waals surface area (Å²) in [6.45, 7) is 0. The van der Waals surface area contributed by atoms with Crippen LogP contribution in [0.25, 0.3) is 0 Å². The van der Waals surface area contributed by atoms with Crippen molar-refractivity contribution < 1.29 is 9.53 Å². The number of carbonyl (C=O) groups is 1. The van der Waals surface area contributed by atoms with Crippen LogP contribution in [-0.4, -0.2) is 5.97 Å². The molecule has 3 nitrogen and oxygen atoms in total. The fourth-order valence-electron chi connectivity index (χ4n) is 1.45. The van der Waals surface area contributed by atoms with Crippen molar-refractivity contribution in [1.29, 1.82) is 5.26 Å². The van der Waals surface area contributed by atoms with E-state index < -0.39 is 5.97 Å². The summed E-state index contributed by atoms with van der Waals surface area (Å²) in [4.78, 5) is 11.7. The van der Waals surface area contributed by atoms with Gasteiger partial charge >= 0.3 is 5.97 Å². The van der Waals surface area contributed by atoms with Crippen molar-refractivity contribution in [3.05, 3.63) is 78.0 Å². The van der Waals surface area contributed by atoms with Crippen LogP contribution in [0.15, 0.2) is 66.0 Å². The Morgan fingerprint density at radius 2 is 2.11 bits per heavy atom. The van der Waals surface area contributed by atoms with Crippen molar-refractivity contribution in [3.8, 4) is 6.07 Å². The summed E-state index contributed by atoms with van der Waals surface area (Å²) in [6, 6.07) is 10.8. The molecule has 1 aromatic rings. The molecule has 0 spiro atoms. The first kappa shape index (κ1) is 11.7. The van der Waals surface area contributed by atoms with Gasteiger partial charge in [-0.25, -0.2) is 4.79 Å². The Hall–Kier alpha value is -2.73.